The third-order valence-electron chi connectivity index (χ3n) is 6.00. The summed E-state index contributed by atoms with van der Waals surface area (Å²) in [6.45, 7) is 8.73. The summed E-state index contributed by atoms with van der Waals surface area (Å²) in [6.07, 6.45) is -0.996. The average Bonchev–Trinajstić information content (AvgIpc) is 2.86. The Hall–Kier alpha value is -3.52. The molecule has 0 radical (unpaired) electrons. The zero-order chi connectivity index (χ0) is 25.9. The number of rotatable bonds is 7. The Bertz CT molecular complexity index is 1320. The van der Waals surface area contributed by atoms with Crippen molar-refractivity contribution in [3.05, 3.63) is 83.9 Å². The van der Waals surface area contributed by atoms with Crippen LogP contribution in [0.15, 0.2) is 77.7 Å². The maximum atomic E-state index is 13.5. The number of anilines is 1. The fraction of sp³-hybridized carbons (Fsp3) is 0.321. The molecule has 4 rings (SSSR count). The number of hydrogen-bond acceptors (Lipinski definition) is 5. The normalized spacial score (nSPS) is 15.6. The lowest BCUT2D eigenvalue weighted by Crippen LogP contribution is -2.51. The molecule has 0 saturated heterocycles. The smallest absolute Gasteiger partial charge is 0.264 e. The molecule has 1 heterocycles. The van der Waals surface area contributed by atoms with E-state index in [1.54, 1.807) is 42.5 Å². The monoisotopic (exact) mass is 508 g/mol. The van der Waals surface area contributed by atoms with E-state index < -0.39 is 22.0 Å². The summed E-state index contributed by atoms with van der Waals surface area (Å²) >= 11 is 0. The van der Waals surface area contributed by atoms with E-state index in [4.69, 9.17) is 9.47 Å². The molecule has 3 aromatic carbocycles. The molecular weight excluding hydrogens is 476 g/mol. The molecule has 1 atom stereocenters. The van der Waals surface area contributed by atoms with Crippen molar-refractivity contribution in [3.8, 4) is 11.5 Å². The number of hydrogen-bond donors (Lipinski definition) is 1. The highest BCUT2D eigenvalue weighted by atomic mass is 32.2. The third-order valence-corrected chi connectivity index (χ3v) is 7.79. The zero-order valence-corrected chi connectivity index (χ0v) is 21.8. The van der Waals surface area contributed by atoms with Crippen LogP contribution in [-0.2, 0) is 20.2 Å². The summed E-state index contributed by atoms with van der Waals surface area (Å²) < 4.78 is 39.8. The largest absolute Gasteiger partial charge is 0.492 e. The molecule has 0 unspecified atom stereocenters. The van der Waals surface area contributed by atoms with Gasteiger partial charge in [0.2, 0.25) is 0 Å². The number of aryl methyl sites for hydroxylation is 1. The molecule has 1 N–H and O–H groups in total. The molecule has 1 amide bonds. The number of fused-ring (bicyclic) bond motifs is 1. The number of amides is 1. The number of benzene rings is 3. The summed E-state index contributed by atoms with van der Waals surface area (Å²) in [5.74, 6) is 0.665. The first-order valence-corrected chi connectivity index (χ1v) is 13.4. The van der Waals surface area contributed by atoms with Crippen molar-refractivity contribution in [3.63, 3.8) is 0 Å². The van der Waals surface area contributed by atoms with Gasteiger partial charge in [0.15, 0.2) is 6.10 Å². The molecule has 0 saturated carbocycles. The van der Waals surface area contributed by atoms with Gasteiger partial charge in [-0.05, 0) is 59.9 Å². The molecular formula is C28H32N2O5S. The number of carbonyl (C=O) groups excluding carboxylic acids is 1. The van der Waals surface area contributed by atoms with Gasteiger partial charge in [0.05, 0.1) is 23.7 Å². The van der Waals surface area contributed by atoms with Crippen LogP contribution in [0.4, 0.5) is 5.69 Å². The second kappa shape index (κ2) is 10.2. The second-order valence-corrected chi connectivity index (χ2v) is 11.7. The number of nitrogens with one attached hydrogen (secondary N) is 1. The van der Waals surface area contributed by atoms with E-state index in [1.165, 1.54) is 9.87 Å². The van der Waals surface area contributed by atoms with Crippen molar-refractivity contribution in [2.24, 2.45) is 0 Å². The molecule has 8 heteroatoms. The molecule has 0 aliphatic carbocycles. The van der Waals surface area contributed by atoms with Crippen LogP contribution in [0.2, 0.25) is 0 Å². The minimum atomic E-state index is -3.89. The van der Waals surface area contributed by atoms with Gasteiger partial charge in [-0.15, -0.1) is 0 Å². The molecule has 190 valence electrons. The van der Waals surface area contributed by atoms with Gasteiger partial charge in [0.1, 0.15) is 18.1 Å². The molecule has 0 aromatic heterocycles. The fourth-order valence-corrected chi connectivity index (χ4v) is 5.44. The van der Waals surface area contributed by atoms with E-state index in [0.29, 0.717) is 11.4 Å². The van der Waals surface area contributed by atoms with Gasteiger partial charge in [0, 0.05) is 0 Å². The minimum Gasteiger partial charge on any atom is -0.492 e. The van der Waals surface area contributed by atoms with E-state index >= 15 is 0 Å². The number of sulfonamides is 1. The molecule has 1 aliphatic heterocycles. The summed E-state index contributed by atoms with van der Waals surface area (Å²) in [6, 6.07) is 21.4. The summed E-state index contributed by atoms with van der Waals surface area (Å²) in [7, 11) is -3.89. The zero-order valence-electron chi connectivity index (χ0n) is 21.0. The van der Waals surface area contributed by atoms with Crippen LogP contribution in [-0.4, -0.2) is 40.1 Å². The average molecular weight is 509 g/mol. The van der Waals surface area contributed by atoms with Crippen LogP contribution in [0, 0.1) is 6.92 Å². The van der Waals surface area contributed by atoms with Crippen molar-refractivity contribution >= 4 is 21.6 Å². The van der Waals surface area contributed by atoms with Crippen LogP contribution in [0.3, 0.4) is 0 Å². The molecule has 36 heavy (non-hydrogen) atoms. The van der Waals surface area contributed by atoms with Crippen LogP contribution in [0.1, 0.15) is 31.9 Å². The summed E-state index contributed by atoms with van der Waals surface area (Å²) in [4.78, 5) is 13.1. The second-order valence-electron chi connectivity index (χ2n) is 9.84. The molecule has 0 fully saturated rings. The molecule has 3 aromatic rings. The van der Waals surface area contributed by atoms with Crippen LogP contribution < -0.4 is 19.1 Å². The van der Waals surface area contributed by atoms with Crippen molar-refractivity contribution in [2.75, 3.05) is 24.0 Å². The van der Waals surface area contributed by atoms with Gasteiger partial charge in [0.25, 0.3) is 15.9 Å². The Morgan fingerprint density at radius 1 is 1.06 bits per heavy atom. The van der Waals surface area contributed by atoms with Gasteiger partial charge in [-0.1, -0.05) is 57.2 Å². The Kier molecular flexibility index (Phi) is 7.26. The minimum absolute atomic E-state index is 0.0612. The topological polar surface area (TPSA) is 84.9 Å². The van der Waals surface area contributed by atoms with E-state index in [0.717, 1.165) is 11.3 Å². The Balaban J connectivity index is 1.42. The molecule has 1 aliphatic rings. The van der Waals surface area contributed by atoms with E-state index in [9.17, 15) is 13.2 Å². The van der Waals surface area contributed by atoms with Gasteiger partial charge in [-0.3, -0.25) is 9.10 Å². The van der Waals surface area contributed by atoms with Crippen molar-refractivity contribution in [2.45, 2.75) is 44.1 Å². The van der Waals surface area contributed by atoms with Crippen LogP contribution in [0.5, 0.6) is 11.5 Å². The first-order valence-electron chi connectivity index (χ1n) is 11.9. The molecule has 0 spiro atoms. The third kappa shape index (κ3) is 5.65. The highest BCUT2D eigenvalue weighted by Gasteiger charge is 2.37. The number of carbonyl (C=O) groups is 1. The highest BCUT2D eigenvalue weighted by molar-refractivity contribution is 7.92. The van der Waals surface area contributed by atoms with Crippen molar-refractivity contribution in [1.82, 2.24) is 5.32 Å². The highest BCUT2D eigenvalue weighted by Crippen LogP contribution is 2.37. The first-order chi connectivity index (χ1) is 17.1. The Morgan fingerprint density at radius 2 is 1.75 bits per heavy atom. The van der Waals surface area contributed by atoms with Crippen molar-refractivity contribution < 1.29 is 22.7 Å². The van der Waals surface area contributed by atoms with Crippen molar-refractivity contribution in [1.29, 1.82) is 0 Å². The Morgan fingerprint density at radius 3 is 2.42 bits per heavy atom. The number of ether oxygens (including phenoxy) is 2. The van der Waals surface area contributed by atoms with Gasteiger partial charge >= 0.3 is 0 Å². The Labute approximate surface area is 213 Å². The summed E-state index contributed by atoms with van der Waals surface area (Å²) in [5, 5.41) is 2.80. The van der Waals surface area contributed by atoms with Crippen LogP contribution in [0.25, 0.3) is 0 Å². The van der Waals surface area contributed by atoms with Crippen LogP contribution >= 0.6 is 0 Å². The van der Waals surface area contributed by atoms with Gasteiger partial charge in [-0.2, -0.15) is 0 Å². The first kappa shape index (κ1) is 25.6. The maximum Gasteiger partial charge on any atom is 0.264 e. The van der Waals surface area contributed by atoms with Gasteiger partial charge < -0.3 is 14.8 Å². The van der Waals surface area contributed by atoms with E-state index in [1.807, 2.05) is 37.3 Å². The maximum absolute atomic E-state index is 13.5. The lowest BCUT2D eigenvalue weighted by molar-refractivity contribution is -0.127. The van der Waals surface area contributed by atoms with E-state index in [2.05, 4.69) is 26.1 Å². The lowest BCUT2D eigenvalue weighted by Gasteiger charge is -2.35. The molecule has 7 nitrogen and oxygen atoms in total. The van der Waals surface area contributed by atoms with E-state index in [-0.39, 0.29) is 30.0 Å². The summed E-state index contributed by atoms with van der Waals surface area (Å²) in [5.41, 5.74) is 2.58. The predicted molar refractivity (Wildman–Crippen MR) is 140 cm³/mol. The lowest BCUT2D eigenvalue weighted by atomic mass is 9.87. The van der Waals surface area contributed by atoms with Gasteiger partial charge in [-0.25, -0.2) is 8.42 Å². The standard InChI is InChI=1S/C28H32N2O5S/c1-20-10-15-25-24(18-20)30(36(32,33)23-8-6-5-7-9-23)19-26(35-25)27(31)29-16-17-34-22-13-11-21(12-14-22)28(2,3)4/h5-15,18,26H,16-17,19H2,1-4H3,(H,29,31)/t26-/m1/s1. The SMILES string of the molecule is Cc1ccc2c(c1)N(S(=O)(=O)c1ccccc1)C[C@H](C(=O)NCCOc1ccc(C(C)(C)C)cc1)O2. The fourth-order valence-electron chi connectivity index (χ4n) is 3.95. The quantitative estimate of drug-likeness (QED) is 0.477. The molecule has 0 bridgehead atoms. The number of nitrogens with zero attached hydrogens (tertiary/aromatic N) is 1. The predicted octanol–water partition coefficient (Wildman–Crippen LogP) is 4.44.